The van der Waals surface area contributed by atoms with Crippen molar-refractivity contribution in [2.75, 3.05) is 18.5 Å². The lowest BCUT2D eigenvalue weighted by Crippen LogP contribution is -2.15. The average molecular weight is 279 g/mol. The number of nitrogens with zero attached hydrogens (tertiary/aromatic N) is 2. The van der Waals surface area contributed by atoms with Gasteiger partial charge in [-0.25, -0.2) is 4.39 Å². The first-order valence-electron chi connectivity index (χ1n) is 6.11. The van der Waals surface area contributed by atoms with Crippen molar-refractivity contribution in [1.29, 1.82) is 0 Å². The molecule has 2 N–H and O–H groups in total. The Morgan fingerprint density at radius 3 is 3.00 bits per heavy atom. The molecule has 1 heterocycles. The van der Waals surface area contributed by atoms with E-state index in [0.29, 0.717) is 6.54 Å². The first kappa shape index (κ1) is 14.1. The van der Waals surface area contributed by atoms with Crippen molar-refractivity contribution in [3.63, 3.8) is 0 Å². The Bertz CT molecular complexity index is 648. The van der Waals surface area contributed by atoms with Gasteiger partial charge in [0.2, 0.25) is 0 Å². The van der Waals surface area contributed by atoms with Gasteiger partial charge in [0, 0.05) is 19.3 Å². The number of fused-ring (bicyclic) bond motifs is 1. The van der Waals surface area contributed by atoms with Crippen LogP contribution in [0.5, 0.6) is 0 Å². The number of aromatic nitrogens is 1. The smallest absolute Gasteiger partial charge is 0.281 e. The number of hydrogen-bond donors (Lipinski definition) is 2. The molecule has 0 aliphatic rings. The fraction of sp³-hybridized carbons (Fsp3) is 0.308. The molecule has 20 heavy (non-hydrogen) atoms. The molecule has 1 unspecified atom stereocenters. The van der Waals surface area contributed by atoms with Crippen LogP contribution in [0.2, 0.25) is 0 Å². The summed E-state index contributed by atoms with van der Waals surface area (Å²) in [5.74, 6) is -0.795. The van der Waals surface area contributed by atoms with Crippen LogP contribution in [0.1, 0.15) is 6.92 Å². The summed E-state index contributed by atoms with van der Waals surface area (Å²) in [7, 11) is 0. The van der Waals surface area contributed by atoms with Gasteiger partial charge in [-0.2, -0.15) is 0 Å². The van der Waals surface area contributed by atoms with Crippen LogP contribution in [0.4, 0.5) is 15.8 Å². The van der Waals surface area contributed by atoms with Crippen LogP contribution >= 0.6 is 0 Å². The van der Waals surface area contributed by atoms with E-state index in [4.69, 9.17) is 5.11 Å². The number of rotatable bonds is 5. The molecule has 0 aliphatic heterocycles. The Balaban J connectivity index is 2.52. The molecule has 0 saturated carbocycles. The van der Waals surface area contributed by atoms with Crippen LogP contribution in [0.15, 0.2) is 24.4 Å². The molecule has 1 aromatic heterocycles. The molecule has 1 aromatic carbocycles. The molecule has 7 heteroatoms. The van der Waals surface area contributed by atoms with E-state index in [1.165, 1.54) is 12.3 Å². The highest BCUT2D eigenvalue weighted by atomic mass is 19.1. The largest absolute Gasteiger partial charge is 0.396 e. The summed E-state index contributed by atoms with van der Waals surface area (Å²) in [6, 6.07) is 3.98. The van der Waals surface area contributed by atoms with Crippen LogP contribution in [0.3, 0.4) is 0 Å². The second kappa shape index (κ2) is 5.79. The van der Waals surface area contributed by atoms with Gasteiger partial charge in [0.05, 0.1) is 22.1 Å². The minimum Gasteiger partial charge on any atom is -0.396 e. The third-order valence-electron chi connectivity index (χ3n) is 2.96. The normalized spacial score (nSPS) is 12.3. The topological polar surface area (TPSA) is 88.3 Å². The zero-order chi connectivity index (χ0) is 14.7. The molecule has 0 amide bonds. The maximum absolute atomic E-state index is 14.0. The van der Waals surface area contributed by atoms with Crippen molar-refractivity contribution in [3.8, 4) is 0 Å². The highest BCUT2D eigenvalue weighted by Gasteiger charge is 2.20. The van der Waals surface area contributed by atoms with Gasteiger partial charge in [-0.3, -0.25) is 15.1 Å². The predicted molar refractivity (Wildman–Crippen MR) is 73.1 cm³/mol. The Kier molecular flexibility index (Phi) is 4.09. The van der Waals surface area contributed by atoms with Gasteiger partial charge >= 0.3 is 0 Å². The monoisotopic (exact) mass is 279 g/mol. The molecule has 1 atom stereocenters. The van der Waals surface area contributed by atoms with Crippen molar-refractivity contribution < 1.29 is 14.4 Å². The molecule has 0 radical (unpaired) electrons. The minimum absolute atomic E-state index is 0.0348. The average Bonchev–Trinajstić information content (AvgIpc) is 2.45. The highest BCUT2D eigenvalue weighted by molar-refractivity contribution is 5.97. The first-order valence-corrected chi connectivity index (χ1v) is 6.11. The van der Waals surface area contributed by atoms with Crippen LogP contribution in [-0.4, -0.2) is 28.2 Å². The second-order valence-corrected chi connectivity index (χ2v) is 4.58. The molecule has 106 valence electrons. The summed E-state index contributed by atoms with van der Waals surface area (Å²) in [6.45, 7) is 2.11. The second-order valence-electron chi connectivity index (χ2n) is 4.58. The summed E-state index contributed by atoms with van der Waals surface area (Å²) >= 11 is 0. The summed E-state index contributed by atoms with van der Waals surface area (Å²) in [5.41, 5.74) is 0.0159. The number of aliphatic hydroxyl groups excluding tert-OH is 1. The van der Waals surface area contributed by atoms with Crippen LogP contribution < -0.4 is 5.32 Å². The third-order valence-corrected chi connectivity index (χ3v) is 2.96. The van der Waals surface area contributed by atoms with Gasteiger partial charge < -0.3 is 10.4 Å². The molecule has 0 bridgehead atoms. The fourth-order valence-corrected chi connectivity index (χ4v) is 1.85. The van der Waals surface area contributed by atoms with E-state index in [0.717, 1.165) is 6.07 Å². The van der Waals surface area contributed by atoms with E-state index in [1.807, 2.05) is 0 Å². The zero-order valence-corrected chi connectivity index (χ0v) is 10.8. The van der Waals surface area contributed by atoms with Crippen molar-refractivity contribution >= 4 is 22.3 Å². The van der Waals surface area contributed by atoms with Crippen molar-refractivity contribution in [3.05, 3.63) is 40.3 Å². The number of benzene rings is 1. The van der Waals surface area contributed by atoms with E-state index in [2.05, 4.69) is 10.3 Å². The molecule has 2 aromatic rings. The van der Waals surface area contributed by atoms with Gasteiger partial charge in [0.15, 0.2) is 5.82 Å². The fourth-order valence-electron chi connectivity index (χ4n) is 1.85. The number of hydrogen-bond acceptors (Lipinski definition) is 5. The number of pyridine rings is 1. The lowest BCUT2D eigenvalue weighted by atomic mass is 10.1. The molecule has 0 spiro atoms. The summed E-state index contributed by atoms with van der Waals surface area (Å²) in [6.07, 6.45) is 1.45. The number of anilines is 1. The Labute approximate surface area is 114 Å². The lowest BCUT2D eigenvalue weighted by Gasteiger charge is -2.13. The van der Waals surface area contributed by atoms with Crippen molar-refractivity contribution in [2.45, 2.75) is 6.92 Å². The van der Waals surface area contributed by atoms with Gasteiger partial charge in [0.1, 0.15) is 5.52 Å². The number of nitro benzene ring substituents is 1. The van der Waals surface area contributed by atoms with Gasteiger partial charge in [0.25, 0.3) is 5.69 Å². The molecule has 0 fully saturated rings. The summed E-state index contributed by atoms with van der Waals surface area (Å²) in [5, 5.41) is 23.1. The van der Waals surface area contributed by atoms with Crippen LogP contribution in [-0.2, 0) is 0 Å². The number of halogens is 1. The molecular formula is C13H14FN3O3. The van der Waals surface area contributed by atoms with E-state index in [9.17, 15) is 14.5 Å². The van der Waals surface area contributed by atoms with Crippen LogP contribution in [0, 0.1) is 21.8 Å². The van der Waals surface area contributed by atoms with Crippen molar-refractivity contribution in [1.82, 2.24) is 4.98 Å². The van der Waals surface area contributed by atoms with E-state index in [1.54, 1.807) is 13.0 Å². The van der Waals surface area contributed by atoms with Gasteiger partial charge in [-0.15, -0.1) is 0 Å². The van der Waals surface area contributed by atoms with E-state index >= 15 is 0 Å². The maximum atomic E-state index is 14.0. The SMILES string of the molecule is CC(CO)CNc1c(F)cc([N+](=O)[O-])c2cccnc12. The van der Waals surface area contributed by atoms with Crippen molar-refractivity contribution in [2.24, 2.45) is 5.92 Å². The van der Waals surface area contributed by atoms with E-state index < -0.39 is 10.7 Å². The Morgan fingerprint density at radius 1 is 1.60 bits per heavy atom. The number of aliphatic hydroxyl groups is 1. The summed E-state index contributed by atoms with van der Waals surface area (Å²) in [4.78, 5) is 14.3. The van der Waals surface area contributed by atoms with Crippen LogP contribution in [0.25, 0.3) is 10.9 Å². The Morgan fingerprint density at radius 2 is 2.35 bits per heavy atom. The lowest BCUT2D eigenvalue weighted by molar-refractivity contribution is -0.383. The zero-order valence-electron chi connectivity index (χ0n) is 10.8. The number of non-ortho nitro benzene ring substituents is 1. The Hall–Kier alpha value is -2.28. The molecular weight excluding hydrogens is 265 g/mol. The predicted octanol–water partition coefficient (Wildman–Crippen LogP) is 2.32. The first-order chi connectivity index (χ1) is 9.54. The quantitative estimate of drug-likeness (QED) is 0.647. The molecule has 0 aliphatic carbocycles. The number of nitro groups is 1. The molecule has 0 saturated heterocycles. The van der Waals surface area contributed by atoms with Gasteiger partial charge in [-0.05, 0) is 18.1 Å². The van der Waals surface area contributed by atoms with E-state index in [-0.39, 0.29) is 34.8 Å². The third kappa shape index (κ3) is 2.67. The standard InChI is InChI=1S/C13H14FN3O3/c1-8(7-18)6-16-13-10(14)5-11(17(19)20)9-3-2-4-15-12(9)13/h2-5,8,16,18H,6-7H2,1H3. The van der Waals surface area contributed by atoms with Gasteiger partial charge in [-0.1, -0.05) is 6.92 Å². The number of nitrogens with one attached hydrogen (secondary N) is 1. The minimum atomic E-state index is -0.729. The highest BCUT2D eigenvalue weighted by Crippen LogP contribution is 2.32. The summed E-state index contributed by atoms with van der Waals surface area (Å²) < 4.78 is 14.0. The maximum Gasteiger partial charge on any atom is 0.281 e. The molecule has 6 nitrogen and oxygen atoms in total. The molecule has 2 rings (SSSR count).